The van der Waals surface area contributed by atoms with Gasteiger partial charge in [0.05, 0.1) is 47.2 Å². The number of anilines is 1. The van der Waals surface area contributed by atoms with E-state index in [4.69, 9.17) is 63.0 Å². The lowest BCUT2D eigenvalue weighted by Gasteiger charge is -2.13. The summed E-state index contributed by atoms with van der Waals surface area (Å²) in [5.41, 5.74) is 3.97. The minimum absolute atomic E-state index is 0.0246. The normalized spacial score (nSPS) is 13.1. The van der Waals surface area contributed by atoms with Crippen LogP contribution in [0.4, 0.5) is 23.9 Å². The second-order valence-corrected chi connectivity index (χ2v) is 20.0. The number of sulfone groups is 1. The second-order valence-electron chi connectivity index (χ2n) is 12.8. The van der Waals surface area contributed by atoms with Crippen molar-refractivity contribution >= 4 is 80.3 Å². The Balaban J connectivity index is 0.000000371. The Labute approximate surface area is 384 Å². The predicted molar refractivity (Wildman–Crippen MR) is 228 cm³/mol. The summed E-state index contributed by atoms with van der Waals surface area (Å²) in [4.78, 5) is 64.5. The molecule has 2 amide bonds. The third kappa shape index (κ3) is 17.9. The number of benzene rings is 2. The summed E-state index contributed by atoms with van der Waals surface area (Å²) in [5, 5.41) is 18.1. The quantitative estimate of drug-likeness (QED) is 0.0611. The SMILES string of the molecule is CCS(=O)(=O)c1cccnc1S(=O)(=O)NC(=O)Nc1nc(OC)cc(OC)n1.CP(=O)(O)CCC(N)C(=O)O.C[C@H](OC(=O)c1cc(Oc2ccc(C(F)(F)F)cc2Cl)ccc1Cl)C(=O)O. The Morgan fingerprint density at radius 2 is 1.53 bits per heavy atom. The highest BCUT2D eigenvalue weighted by Gasteiger charge is 2.32. The van der Waals surface area contributed by atoms with Gasteiger partial charge in [0.1, 0.15) is 22.4 Å². The summed E-state index contributed by atoms with van der Waals surface area (Å²) in [7, 11) is -8.95. The number of carboxylic acid groups (broad SMARTS) is 2. The van der Waals surface area contributed by atoms with Crippen LogP contribution in [0, 0.1) is 0 Å². The molecule has 4 aromatic rings. The number of carbonyl (C=O) groups is 4. The number of carboxylic acids is 2. The lowest BCUT2D eigenvalue weighted by Crippen LogP contribution is -2.36. The number of nitrogens with zero attached hydrogens (tertiary/aromatic N) is 3. The van der Waals surface area contributed by atoms with Crippen molar-refractivity contribution in [1.82, 2.24) is 19.7 Å². The lowest BCUT2D eigenvalue weighted by atomic mass is 10.2. The average Bonchev–Trinajstić information content (AvgIpc) is 3.23. The molecule has 0 radical (unpaired) electrons. The number of methoxy groups -OCH3 is 2. The number of aromatic nitrogens is 3. The van der Waals surface area contributed by atoms with Gasteiger partial charge in [0.15, 0.2) is 28.3 Å². The van der Waals surface area contributed by atoms with Gasteiger partial charge in [0.2, 0.25) is 17.7 Å². The highest BCUT2D eigenvalue weighted by molar-refractivity contribution is 7.93. The van der Waals surface area contributed by atoms with Crippen LogP contribution in [-0.2, 0) is 44.9 Å². The maximum Gasteiger partial charge on any atom is 0.416 e. The summed E-state index contributed by atoms with van der Waals surface area (Å²) in [6.07, 6.45) is -4.86. The summed E-state index contributed by atoms with van der Waals surface area (Å²) < 4.78 is 119. The molecule has 0 bridgehead atoms. The van der Waals surface area contributed by atoms with Crippen LogP contribution >= 0.6 is 30.6 Å². The largest absolute Gasteiger partial charge is 0.481 e. The predicted octanol–water partition coefficient (Wildman–Crippen LogP) is 5.32. The summed E-state index contributed by atoms with van der Waals surface area (Å²) in [5.74, 6) is -4.05. The molecule has 2 unspecified atom stereocenters. The van der Waals surface area contributed by atoms with E-state index >= 15 is 0 Å². The van der Waals surface area contributed by atoms with E-state index in [1.165, 1.54) is 52.1 Å². The molecule has 0 aliphatic carbocycles. The summed E-state index contributed by atoms with van der Waals surface area (Å²) in [6.45, 7) is 3.70. The van der Waals surface area contributed by atoms with Crippen molar-refractivity contribution in [1.29, 1.82) is 0 Å². The summed E-state index contributed by atoms with van der Waals surface area (Å²) >= 11 is 11.7. The number of nitrogens with two attached hydrogens (primary N) is 1. The number of ether oxygens (including phenoxy) is 4. The van der Waals surface area contributed by atoms with E-state index in [1.807, 2.05) is 0 Å². The third-order valence-corrected chi connectivity index (χ3v) is 12.6. The van der Waals surface area contributed by atoms with Gasteiger partial charge >= 0.3 is 30.1 Å². The van der Waals surface area contributed by atoms with Crippen molar-refractivity contribution in [2.24, 2.45) is 5.73 Å². The van der Waals surface area contributed by atoms with Crippen LogP contribution in [0.3, 0.4) is 0 Å². The Hall–Kier alpha value is -5.83. The van der Waals surface area contributed by atoms with E-state index < -0.39 is 85.0 Å². The van der Waals surface area contributed by atoms with Crippen LogP contribution in [0.1, 0.15) is 36.2 Å². The first-order chi connectivity index (χ1) is 30.4. The monoisotopic (exact) mass is 1030 g/mol. The van der Waals surface area contributed by atoms with Crippen LogP contribution in [0.15, 0.2) is 70.7 Å². The van der Waals surface area contributed by atoms with Gasteiger partial charge in [0, 0.05) is 19.0 Å². The van der Waals surface area contributed by atoms with Crippen LogP contribution in [-0.4, -0.2) is 116 Å². The van der Waals surface area contributed by atoms with E-state index in [0.29, 0.717) is 6.07 Å². The van der Waals surface area contributed by atoms with Gasteiger partial charge in [-0.2, -0.15) is 31.6 Å². The standard InChI is InChI=1S/C17H11Cl2F3O5.C14H17N5O7S2.C5H12NO4P/c1-8(15(23)24)26-16(25)11-7-10(3-4-12(11)18)27-14-5-2-9(6-13(14)19)17(20,21)22;1-4-27(21,22)9-6-5-7-15-12(9)28(23,24)19-14(20)18-13-16-10(25-2)8-11(17-13)26-3;1-11(9,10)3-2-4(6)5(7)8/h2-8H,1H3,(H,23,24);5-8H,4H2,1-3H3,(H2,16,17,18,19,20);4H,2-3,6H2,1H3,(H,7,8)(H,9,10)/t8-;;/m0../s1. The number of urea groups is 1. The van der Waals surface area contributed by atoms with Crippen molar-refractivity contribution in [2.45, 2.75) is 48.5 Å². The van der Waals surface area contributed by atoms with Crippen molar-refractivity contribution in [3.05, 3.63) is 82.0 Å². The van der Waals surface area contributed by atoms with Gasteiger partial charge in [0.25, 0.3) is 10.0 Å². The van der Waals surface area contributed by atoms with Gasteiger partial charge in [-0.3, -0.25) is 14.7 Å². The number of sulfonamides is 1. The molecular formula is C36H40Cl2F3N6O16PS2. The zero-order valence-corrected chi connectivity index (χ0v) is 38.8. The molecule has 0 saturated heterocycles. The van der Waals surface area contributed by atoms with Crippen molar-refractivity contribution < 1.29 is 87.8 Å². The number of esters is 1. The number of rotatable bonds is 16. The molecule has 4 rings (SSSR count). The smallest absolute Gasteiger partial charge is 0.416 e. The Bertz CT molecular complexity index is 2660. The lowest BCUT2D eigenvalue weighted by molar-refractivity contribution is -0.146. The van der Waals surface area contributed by atoms with Gasteiger partial charge in [-0.05, 0) is 61.9 Å². The number of amides is 2. The first kappa shape index (κ1) is 56.3. The highest BCUT2D eigenvalue weighted by Crippen LogP contribution is 2.37. The molecule has 0 spiro atoms. The first-order valence-corrected chi connectivity index (χ1v) is 24.2. The molecule has 2 heterocycles. The summed E-state index contributed by atoms with van der Waals surface area (Å²) in [6, 6.07) is 7.78. The zero-order valence-electron chi connectivity index (χ0n) is 34.8. The Morgan fingerprint density at radius 3 is 2.03 bits per heavy atom. The number of carbonyl (C=O) groups excluding carboxylic acids is 2. The highest BCUT2D eigenvalue weighted by atomic mass is 35.5. The number of pyridine rings is 1. The van der Waals surface area contributed by atoms with Crippen molar-refractivity contribution in [2.75, 3.05) is 38.1 Å². The van der Waals surface area contributed by atoms with Crippen molar-refractivity contribution in [3.8, 4) is 23.3 Å². The number of halogens is 5. The van der Waals surface area contributed by atoms with Gasteiger partial charge in [-0.25, -0.2) is 32.5 Å². The molecule has 7 N–H and O–H groups in total. The molecule has 22 nitrogen and oxygen atoms in total. The topological polar surface area (TPSA) is 340 Å². The van der Waals surface area contributed by atoms with E-state index in [0.717, 1.165) is 37.4 Å². The van der Waals surface area contributed by atoms with E-state index in [-0.39, 0.29) is 63.2 Å². The minimum atomic E-state index is -4.61. The fourth-order valence-electron chi connectivity index (χ4n) is 4.32. The van der Waals surface area contributed by atoms with Gasteiger partial charge < -0.3 is 39.8 Å². The molecule has 2 aromatic heterocycles. The molecule has 30 heteroatoms. The van der Waals surface area contributed by atoms with Crippen molar-refractivity contribution in [3.63, 3.8) is 0 Å². The van der Waals surface area contributed by atoms with E-state index in [2.05, 4.69) is 20.3 Å². The Kier molecular flexibility index (Phi) is 20.5. The zero-order chi connectivity index (χ0) is 50.4. The average molecular weight is 1040 g/mol. The minimum Gasteiger partial charge on any atom is -0.481 e. The fourth-order valence-corrected chi connectivity index (χ4v) is 8.05. The maximum absolute atomic E-state index is 12.7. The van der Waals surface area contributed by atoms with Gasteiger partial charge in [-0.1, -0.05) is 30.1 Å². The first-order valence-electron chi connectivity index (χ1n) is 18.0. The van der Waals surface area contributed by atoms with Crippen LogP contribution < -0.4 is 30.0 Å². The molecule has 0 saturated carbocycles. The third-order valence-electron chi connectivity index (χ3n) is 7.70. The van der Waals surface area contributed by atoms with E-state index in [9.17, 15) is 53.8 Å². The number of hydrogen-bond acceptors (Lipinski definition) is 17. The number of nitrogens with one attached hydrogen (secondary N) is 2. The van der Waals surface area contributed by atoms with E-state index in [1.54, 1.807) is 4.72 Å². The van der Waals surface area contributed by atoms with Crippen LogP contribution in [0.25, 0.3) is 0 Å². The molecule has 362 valence electrons. The molecule has 0 aliphatic heterocycles. The molecule has 0 aliphatic rings. The fraction of sp³-hybridized carbons (Fsp3) is 0.306. The molecule has 0 fully saturated rings. The van der Waals surface area contributed by atoms with Gasteiger partial charge in [-0.15, -0.1) is 0 Å². The number of aliphatic carboxylic acids is 2. The Morgan fingerprint density at radius 1 is 0.924 bits per heavy atom. The number of alkyl halides is 3. The molecular weight excluding hydrogens is 995 g/mol. The number of hydrogen-bond donors (Lipinski definition) is 6. The maximum atomic E-state index is 12.7. The molecule has 66 heavy (non-hydrogen) atoms. The van der Waals surface area contributed by atoms with Crippen LogP contribution in [0.2, 0.25) is 10.0 Å². The molecule has 3 atom stereocenters. The second kappa shape index (κ2) is 24.1. The van der Waals surface area contributed by atoms with Crippen LogP contribution in [0.5, 0.6) is 23.3 Å². The molecule has 2 aromatic carbocycles.